The smallest absolute Gasteiger partial charge is 0.407 e. The lowest BCUT2D eigenvalue weighted by Gasteiger charge is -2.31. The first-order valence-corrected chi connectivity index (χ1v) is 14.9. The number of aromatic nitrogens is 1. The Hall–Kier alpha value is -4.19. The molecule has 1 aliphatic heterocycles. The molecule has 3 aromatic carbocycles. The zero-order chi connectivity index (χ0) is 31.9. The molecule has 0 aliphatic carbocycles. The molecule has 0 radical (unpaired) electrons. The van der Waals surface area contributed by atoms with E-state index in [2.05, 4.69) is 25.8 Å². The summed E-state index contributed by atoms with van der Waals surface area (Å²) in [6.07, 6.45) is 0.234. The maximum absolute atomic E-state index is 14.2. The van der Waals surface area contributed by atoms with Crippen LogP contribution in [0.5, 0.6) is 5.75 Å². The van der Waals surface area contributed by atoms with Gasteiger partial charge in [-0.15, -0.1) is 0 Å². The molecular weight excluding hydrogens is 629 g/mol. The fourth-order valence-electron chi connectivity index (χ4n) is 5.19. The van der Waals surface area contributed by atoms with Crippen LogP contribution in [0.1, 0.15) is 34.8 Å². The van der Waals surface area contributed by atoms with Gasteiger partial charge in [-0.25, -0.2) is 13.6 Å². The number of ether oxygens (including phenoxy) is 2. The summed E-state index contributed by atoms with van der Waals surface area (Å²) in [7, 11) is 1.29. The van der Waals surface area contributed by atoms with E-state index in [4.69, 9.17) is 32.5 Å². The maximum Gasteiger partial charge on any atom is 0.407 e. The van der Waals surface area contributed by atoms with Gasteiger partial charge < -0.3 is 29.9 Å². The fourth-order valence-corrected chi connectivity index (χ4v) is 5.63. The molecule has 0 saturated carbocycles. The number of methoxy groups -OCH3 is 1. The maximum atomic E-state index is 14.2. The number of hydrogen-bond donors (Lipinski definition) is 3. The van der Waals surface area contributed by atoms with Crippen LogP contribution >= 0.6 is 23.2 Å². The highest BCUT2D eigenvalue weighted by Crippen LogP contribution is 2.34. The van der Waals surface area contributed by atoms with Gasteiger partial charge in [0.15, 0.2) is 5.76 Å². The second kappa shape index (κ2) is 14.7. The van der Waals surface area contributed by atoms with E-state index in [-0.39, 0.29) is 53.7 Å². The lowest BCUT2D eigenvalue weighted by atomic mass is 9.80. The summed E-state index contributed by atoms with van der Waals surface area (Å²) in [6, 6.07) is 16.2. The van der Waals surface area contributed by atoms with E-state index in [1.165, 1.54) is 13.2 Å². The van der Waals surface area contributed by atoms with Crippen LogP contribution in [0.25, 0.3) is 11.3 Å². The van der Waals surface area contributed by atoms with Crippen molar-refractivity contribution in [3.8, 4) is 17.0 Å². The van der Waals surface area contributed by atoms with E-state index < -0.39 is 17.7 Å². The Morgan fingerprint density at radius 1 is 1.02 bits per heavy atom. The number of rotatable bonds is 10. The summed E-state index contributed by atoms with van der Waals surface area (Å²) in [5.74, 6) is -1.05. The number of benzene rings is 3. The molecule has 0 bridgehead atoms. The molecule has 5 rings (SSSR count). The van der Waals surface area contributed by atoms with E-state index in [0.717, 1.165) is 41.8 Å². The molecule has 0 spiro atoms. The third-order valence-corrected chi connectivity index (χ3v) is 8.29. The van der Waals surface area contributed by atoms with Gasteiger partial charge in [-0.05, 0) is 65.9 Å². The Bertz CT molecular complexity index is 1670. The van der Waals surface area contributed by atoms with Crippen molar-refractivity contribution < 1.29 is 32.4 Å². The molecule has 4 aromatic rings. The van der Waals surface area contributed by atoms with Gasteiger partial charge in [-0.2, -0.15) is 0 Å². The molecule has 45 heavy (non-hydrogen) atoms. The van der Waals surface area contributed by atoms with Gasteiger partial charge in [0.1, 0.15) is 29.7 Å². The van der Waals surface area contributed by atoms with Crippen molar-refractivity contribution in [1.29, 1.82) is 0 Å². The van der Waals surface area contributed by atoms with Crippen LogP contribution in [0.15, 0.2) is 65.2 Å². The second-order valence-electron chi connectivity index (χ2n) is 10.4. The molecule has 1 aliphatic rings. The minimum absolute atomic E-state index is 0.00178. The number of piperidine rings is 1. The summed E-state index contributed by atoms with van der Waals surface area (Å²) in [4.78, 5) is 24.7. The molecule has 1 fully saturated rings. The fraction of sp³-hybridized carbons (Fsp3) is 0.281. The molecule has 2 heterocycles. The third kappa shape index (κ3) is 7.91. The number of carbonyl (C=O) groups excluding carboxylic acids is 2. The average molecular weight is 660 g/mol. The van der Waals surface area contributed by atoms with Crippen molar-refractivity contribution in [3.05, 3.63) is 105 Å². The second-order valence-corrected chi connectivity index (χ2v) is 11.2. The standard InChI is InChI=1S/C32H30Cl2F2N4O5/c1-43-32(42)39-14-18-2-7-25(33)20(12-18)15-38-31(41)24-16-37-11-10-23(24)19-3-5-21(6-4-19)44-17-22-13-28(40-45-22)29-26(35)8-9-27(36)30(29)34/h2-9,12-13,23-24,37H,10-11,14-17H2,1H3,(H,38,41)(H,39,42)/t23-,24+/m1/s1. The molecule has 2 atom stereocenters. The van der Waals surface area contributed by atoms with Crippen molar-refractivity contribution in [3.63, 3.8) is 0 Å². The summed E-state index contributed by atoms with van der Waals surface area (Å²) in [6.45, 7) is 1.80. The van der Waals surface area contributed by atoms with Gasteiger partial charge in [0, 0.05) is 30.7 Å². The average Bonchev–Trinajstić information content (AvgIpc) is 3.53. The monoisotopic (exact) mass is 658 g/mol. The van der Waals surface area contributed by atoms with Gasteiger partial charge in [-0.3, -0.25) is 4.79 Å². The summed E-state index contributed by atoms with van der Waals surface area (Å²) < 4.78 is 43.7. The van der Waals surface area contributed by atoms with Crippen LogP contribution in [0.3, 0.4) is 0 Å². The molecule has 9 nitrogen and oxygen atoms in total. The molecular formula is C32H30Cl2F2N4O5. The lowest BCUT2D eigenvalue weighted by molar-refractivity contribution is -0.126. The van der Waals surface area contributed by atoms with Crippen LogP contribution in [0.2, 0.25) is 10.0 Å². The first-order valence-electron chi connectivity index (χ1n) is 14.1. The SMILES string of the molecule is COC(=O)NCc1ccc(Cl)c(CNC(=O)[C@H]2CNCC[C@@H]2c2ccc(OCc3cc(-c4c(F)ccc(F)c4Cl)no3)cc2)c1. The van der Waals surface area contributed by atoms with E-state index in [1.807, 2.05) is 18.2 Å². The number of alkyl carbamates (subject to hydrolysis) is 1. The molecule has 1 saturated heterocycles. The largest absolute Gasteiger partial charge is 0.486 e. The van der Waals surface area contributed by atoms with Gasteiger partial charge in [0.05, 0.1) is 23.6 Å². The lowest BCUT2D eigenvalue weighted by Crippen LogP contribution is -2.44. The Labute approximate surface area is 268 Å². The number of nitrogens with zero attached hydrogens (tertiary/aromatic N) is 1. The molecule has 3 N–H and O–H groups in total. The van der Waals surface area contributed by atoms with E-state index in [1.54, 1.807) is 24.3 Å². The number of carbonyl (C=O) groups is 2. The van der Waals surface area contributed by atoms with Crippen molar-refractivity contribution in [2.45, 2.75) is 32.0 Å². The summed E-state index contributed by atoms with van der Waals surface area (Å²) in [5.41, 5.74) is 2.44. The van der Waals surface area contributed by atoms with Crippen molar-refractivity contribution >= 4 is 35.2 Å². The van der Waals surface area contributed by atoms with Crippen LogP contribution in [-0.4, -0.2) is 37.4 Å². The first-order chi connectivity index (χ1) is 21.7. The van der Waals surface area contributed by atoms with Crippen LogP contribution in [0.4, 0.5) is 13.6 Å². The number of hydrogen-bond acceptors (Lipinski definition) is 7. The highest BCUT2D eigenvalue weighted by atomic mass is 35.5. The predicted molar refractivity (Wildman–Crippen MR) is 164 cm³/mol. The number of nitrogens with one attached hydrogen (secondary N) is 3. The van der Waals surface area contributed by atoms with Gasteiger partial charge >= 0.3 is 6.09 Å². The van der Waals surface area contributed by atoms with E-state index in [9.17, 15) is 18.4 Å². The molecule has 13 heteroatoms. The van der Waals surface area contributed by atoms with E-state index in [0.29, 0.717) is 23.1 Å². The summed E-state index contributed by atoms with van der Waals surface area (Å²) in [5, 5.41) is 12.9. The van der Waals surface area contributed by atoms with Crippen molar-refractivity contribution in [1.82, 2.24) is 21.1 Å². The molecule has 2 amide bonds. The highest BCUT2D eigenvalue weighted by molar-refractivity contribution is 6.33. The summed E-state index contributed by atoms with van der Waals surface area (Å²) >= 11 is 12.3. The Balaban J connectivity index is 1.18. The normalized spacial score (nSPS) is 16.2. The van der Waals surface area contributed by atoms with Crippen molar-refractivity contribution in [2.75, 3.05) is 20.2 Å². The Morgan fingerprint density at radius 3 is 2.58 bits per heavy atom. The Morgan fingerprint density at radius 2 is 1.80 bits per heavy atom. The molecule has 236 valence electrons. The first kappa shape index (κ1) is 32.2. The third-order valence-electron chi connectivity index (χ3n) is 7.55. The van der Waals surface area contributed by atoms with Crippen LogP contribution < -0.4 is 20.7 Å². The molecule has 0 unspecified atom stereocenters. The number of halogens is 4. The zero-order valence-corrected chi connectivity index (χ0v) is 25.7. The van der Waals surface area contributed by atoms with Crippen LogP contribution in [0, 0.1) is 17.6 Å². The minimum Gasteiger partial charge on any atom is -0.486 e. The quantitative estimate of drug-likeness (QED) is 0.170. The van der Waals surface area contributed by atoms with Crippen molar-refractivity contribution in [2.24, 2.45) is 5.92 Å². The molecule has 1 aromatic heterocycles. The van der Waals surface area contributed by atoms with E-state index >= 15 is 0 Å². The minimum atomic E-state index is -0.761. The zero-order valence-electron chi connectivity index (χ0n) is 24.2. The highest BCUT2D eigenvalue weighted by Gasteiger charge is 2.32. The predicted octanol–water partition coefficient (Wildman–Crippen LogP) is 6.37. The van der Waals surface area contributed by atoms with Gasteiger partial charge in [-0.1, -0.05) is 52.6 Å². The topological polar surface area (TPSA) is 115 Å². The van der Waals surface area contributed by atoms with Gasteiger partial charge in [0.2, 0.25) is 5.91 Å². The van der Waals surface area contributed by atoms with Crippen LogP contribution in [-0.2, 0) is 29.2 Å². The number of amides is 2. The Kier molecular flexibility index (Phi) is 10.5. The van der Waals surface area contributed by atoms with Gasteiger partial charge in [0.25, 0.3) is 0 Å².